The van der Waals surface area contributed by atoms with E-state index in [-0.39, 0.29) is 17.3 Å². The van der Waals surface area contributed by atoms with Gasteiger partial charge in [-0.1, -0.05) is 55.3 Å². The van der Waals surface area contributed by atoms with Gasteiger partial charge >= 0.3 is 0 Å². The van der Waals surface area contributed by atoms with E-state index >= 15 is 0 Å². The number of aromatic nitrogens is 2. The number of hydrogen-bond acceptors (Lipinski definition) is 6. The molecule has 0 aliphatic rings. The van der Waals surface area contributed by atoms with E-state index in [1.54, 1.807) is 29.3 Å². The Labute approximate surface area is 220 Å². The van der Waals surface area contributed by atoms with Crippen molar-refractivity contribution in [3.8, 4) is 0 Å². The molecule has 0 atom stereocenters. The van der Waals surface area contributed by atoms with Crippen molar-refractivity contribution in [2.75, 3.05) is 18.0 Å². The minimum absolute atomic E-state index is 0.167. The van der Waals surface area contributed by atoms with Crippen LogP contribution in [-0.2, 0) is 16.6 Å². The number of benzene rings is 2. The maximum absolute atomic E-state index is 13.7. The lowest BCUT2D eigenvalue weighted by atomic mass is 10.2. The van der Waals surface area contributed by atoms with E-state index in [0.717, 1.165) is 17.5 Å². The summed E-state index contributed by atoms with van der Waals surface area (Å²) in [7, 11) is -3.64. The number of sulfonamides is 1. The van der Waals surface area contributed by atoms with Gasteiger partial charge in [0, 0.05) is 24.8 Å². The fraction of sp³-hybridized carbons (Fsp3) is 0.269. The largest absolute Gasteiger partial charge is 0.278 e. The Hall–Kier alpha value is -2.85. The smallest absolute Gasteiger partial charge is 0.260 e. The van der Waals surface area contributed by atoms with Crippen LogP contribution in [0.3, 0.4) is 0 Å². The van der Waals surface area contributed by atoms with Crippen molar-refractivity contribution in [2.24, 2.45) is 0 Å². The normalized spacial score (nSPS) is 11.8. The molecule has 0 saturated heterocycles. The van der Waals surface area contributed by atoms with Gasteiger partial charge in [0.15, 0.2) is 5.13 Å². The lowest BCUT2D eigenvalue weighted by molar-refractivity contribution is 0.0984. The minimum Gasteiger partial charge on any atom is -0.278 e. The first-order valence-electron chi connectivity index (χ1n) is 11.7. The molecule has 0 aliphatic carbocycles. The van der Waals surface area contributed by atoms with Crippen molar-refractivity contribution in [1.29, 1.82) is 0 Å². The van der Waals surface area contributed by atoms with Gasteiger partial charge in [-0.3, -0.25) is 14.7 Å². The third kappa shape index (κ3) is 5.59. The molecule has 2 aromatic carbocycles. The molecule has 10 heteroatoms. The Kier molecular flexibility index (Phi) is 8.35. The maximum atomic E-state index is 13.7. The van der Waals surface area contributed by atoms with E-state index in [0.29, 0.717) is 40.0 Å². The summed E-state index contributed by atoms with van der Waals surface area (Å²) in [6, 6.07) is 17.1. The SMILES string of the molecule is CCCCN(CC)S(=O)(=O)c1ccc(C(=O)N(Cc2ccccn2)c2nc3c(Cl)cccc3s2)cc1. The van der Waals surface area contributed by atoms with Crippen molar-refractivity contribution in [2.45, 2.75) is 38.1 Å². The summed E-state index contributed by atoms with van der Waals surface area (Å²) in [5.74, 6) is -0.307. The second kappa shape index (κ2) is 11.5. The number of carbonyl (C=O) groups is 1. The van der Waals surface area contributed by atoms with Gasteiger partial charge in [0.1, 0.15) is 5.52 Å². The summed E-state index contributed by atoms with van der Waals surface area (Å²) in [5, 5.41) is 1.00. The number of carbonyl (C=O) groups excluding carboxylic acids is 1. The molecule has 2 aromatic heterocycles. The van der Waals surface area contributed by atoms with E-state index in [1.807, 2.05) is 44.2 Å². The average Bonchev–Trinajstić information content (AvgIpc) is 3.33. The molecule has 0 radical (unpaired) electrons. The van der Waals surface area contributed by atoms with Crippen molar-refractivity contribution >= 4 is 54.2 Å². The zero-order valence-electron chi connectivity index (χ0n) is 20.1. The third-order valence-corrected chi connectivity index (χ3v) is 9.07. The molecule has 0 fully saturated rings. The molecule has 0 unspecified atom stereocenters. The number of para-hydroxylation sites is 1. The van der Waals surface area contributed by atoms with Gasteiger partial charge < -0.3 is 0 Å². The molecule has 0 bridgehead atoms. The van der Waals surface area contributed by atoms with Crippen molar-refractivity contribution in [1.82, 2.24) is 14.3 Å². The van der Waals surface area contributed by atoms with Crippen LogP contribution >= 0.6 is 22.9 Å². The van der Waals surface area contributed by atoms with Crippen LogP contribution in [-0.4, -0.2) is 41.7 Å². The standard InChI is InChI=1S/C26H27ClN4O3S2/c1-3-5-17-30(4-2)36(33,34)21-14-12-19(13-15-21)25(32)31(18-20-9-6-7-16-28-20)26-29-24-22(27)10-8-11-23(24)35-26/h6-16H,3-5,17-18H2,1-2H3. The zero-order chi connectivity index (χ0) is 25.7. The van der Waals surface area contributed by atoms with E-state index in [2.05, 4.69) is 9.97 Å². The highest BCUT2D eigenvalue weighted by Gasteiger charge is 2.25. The van der Waals surface area contributed by atoms with Gasteiger partial charge in [-0.05, 0) is 55.0 Å². The second-order valence-electron chi connectivity index (χ2n) is 8.17. The minimum atomic E-state index is -3.64. The Morgan fingerprint density at radius 3 is 2.44 bits per heavy atom. The van der Waals surface area contributed by atoms with Gasteiger partial charge in [0.25, 0.3) is 5.91 Å². The molecule has 4 rings (SSSR count). The number of unbranched alkanes of at least 4 members (excludes halogenated alkanes) is 1. The van der Waals surface area contributed by atoms with Crippen LogP contribution in [0.25, 0.3) is 10.2 Å². The molecule has 0 spiro atoms. The molecule has 7 nitrogen and oxygen atoms in total. The summed E-state index contributed by atoms with van der Waals surface area (Å²) in [4.78, 5) is 24.4. The first-order chi connectivity index (χ1) is 17.3. The molecular weight excluding hydrogens is 516 g/mol. The quantitative estimate of drug-likeness (QED) is 0.245. The molecule has 36 heavy (non-hydrogen) atoms. The lowest BCUT2D eigenvalue weighted by Gasteiger charge is -2.21. The van der Waals surface area contributed by atoms with Crippen LogP contribution in [0, 0.1) is 0 Å². The number of pyridine rings is 1. The molecule has 188 valence electrons. The highest BCUT2D eigenvalue weighted by Crippen LogP contribution is 2.34. The second-order valence-corrected chi connectivity index (χ2v) is 11.5. The van der Waals surface area contributed by atoms with Crippen LogP contribution in [0.2, 0.25) is 5.02 Å². The monoisotopic (exact) mass is 542 g/mol. The summed E-state index contributed by atoms with van der Waals surface area (Å²) < 4.78 is 28.5. The Morgan fingerprint density at radius 2 is 1.81 bits per heavy atom. The highest BCUT2D eigenvalue weighted by atomic mass is 35.5. The molecule has 2 heterocycles. The summed E-state index contributed by atoms with van der Waals surface area (Å²) >= 11 is 7.69. The Balaban J connectivity index is 1.67. The number of anilines is 1. The van der Waals surface area contributed by atoms with Crippen LogP contribution in [0.15, 0.2) is 71.8 Å². The van der Waals surface area contributed by atoms with Crippen LogP contribution in [0.4, 0.5) is 5.13 Å². The van der Waals surface area contributed by atoms with Gasteiger partial charge in [-0.25, -0.2) is 13.4 Å². The molecule has 0 saturated carbocycles. The molecule has 0 aliphatic heterocycles. The first-order valence-corrected chi connectivity index (χ1v) is 14.4. The Bertz CT molecular complexity index is 1440. The van der Waals surface area contributed by atoms with Crippen LogP contribution in [0.5, 0.6) is 0 Å². The summed E-state index contributed by atoms with van der Waals surface area (Å²) in [6.45, 7) is 4.91. The number of nitrogens with zero attached hydrogens (tertiary/aromatic N) is 4. The van der Waals surface area contributed by atoms with Gasteiger partial charge in [0.05, 0.1) is 26.9 Å². The number of fused-ring (bicyclic) bond motifs is 1. The molecule has 0 N–H and O–H groups in total. The summed E-state index contributed by atoms with van der Waals surface area (Å²) in [5.41, 5.74) is 1.68. The number of halogens is 1. The fourth-order valence-electron chi connectivity index (χ4n) is 3.76. The zero-order valence-corrected chi connectivity index (χ0v) is 22.5. The van der Waals surface area contributed by atoms with Crippen LogP contribution in [0.1, 0.15) is 42.7 Å². The average molecular weight is 543 g/mol. The summed E-state index contributed by atoms with van der Waals surface area (Å²) in [6.07, 6.45) is 3.37. The molecule has 1 amide bonds. The van der Waals surface area contributed by atoms with E-state index < -0.39 is 10.0 Å². The van der Waals surface area contributed by atoms with E-state index in [1.165, 1.54) is 27.8 Å². The third-order valence-electron chi connectivity index (χ3n) is 5.73. The predicted octanol–water partition coefficient (Wildman–Crippen LogP) is 6.00. The first kappa shape index (κ1) is 26.2. The topological polar surface area (TPSA) is 83.5 Å². The van der Waals surface area contributed by atoms with Crippen molar-refractivity contribution in [3.05, 3.63) is 83.1 Å². The van der Waals surface area contributed by atoms with Crippen molar-refractivity contribution < 1.29 is 13.2 Å². The van der Waals surface area contributed by atoms with Crippen molar-refractivity contribution in [3.63, 3.8) is 0 Å². The maximum Gasteiger partial charge on any atom is 0.260 e. The van der Waals surface area contributed by atoms with E-state index in [9.17, 15) is 13.2 Å². The Morgan fingerprint density at radius 1 is 1.03 bits per heavy atom. The number of hydrogen-bond donors (Lipinski definition) is 0. The number of amides is 1. The number of thiazole rings is 1. The van der Waals surface area contributed by atoms with Gasteiger partial charge in [0.2, 0.25) is 10.0 Å². The number of rotatable bonds is 10. The molecular formula is C26H27ClN4O3S2. The van der Waals surface area contributed by atoms with E-state index in [4.69, 9.17) is 11.6 Å². The lowest BCUT2D eigenvalue weighted by Crippen LogP contribution is -2.32. The fourth-order valence-corrected chi connectivity index (χ4v) is 6.51. The van der Waals surface area contributed by atoms with Crippen LogP contribution < -0.4 is 4.90 Å². The van der Waals surface area contributed by atoms with Gasteiger partial charge in [-0.15, -0.1) is 0 Å². The highest BCUT2D eigenvalue weighted by molar-refractivity contribution is 7.89. The molecule has 4 aromatic rings. The van der Waals surface area contributed by atoms with Gasteiger partial charge in [-0.2, -0.15) is 4.31 Å². The predicted molar refractivity (Wildman–Crippen MR) is 145 cm³/mol.